The Hall–Kier alpha value is -3.15. The Morgan fingerprint density at radius 2 is 1.97 bits per heavy atom. The summed E-state index contributed by atoms with van der Waals surface area (Å²) in [6.07, 6.45) is 3.97. The Balaban J connectivity index is 1.50. The number of hydrogen-bond donors (Lipinski definition) is 0. The number of hydrogen-bond acceptors (Lipinski definition) is 6. The van der Waals surface area contributed by atoms with Gasteiger partial charge in [0.05, 0.1) is 33.1 Å². The molecule has 1 saturated heterocycles. The molecule has 188 valence electrons. The van der Waals surface area contributed by atoms with Crippen molar-refractivity contribution in [1.29, 1.82) is 0 Å². The van der Waals surface area contributed by atoms with Gasteiger partial charge < -0.3 is 9.47 Å². The van der Waals surface area contributed by atoms with Crippen molar-refractivity contribution < 1.29 is 0 Å². The first-order valence-corrected chi connectivity index (χ1v) is 13.6. The van der Waals surface area contributed by atoms with E-state index in [1.54, 1.807) is 22.0 Å². The predicted molar refractivity (Wildman–Crippen MR) is 149 cm³/mol. The van der Waals surface area contributed by atoms with Gasteiger partial charge in [0.25, 0.3) is 5.56 Å². The largest absolute Gasteiger partial charge is 0.364 e. The van der Waals surface area contributed by atoms with Crippen LogP contribution in [0.15, 0.2) is 40.8 Å². The van der Waals surface area contributed by atoms with Crippen LogP contribution in [0, 0.1) is 11.8 Å². The van der Waals surface area contributed by atoms with Crippen LogP contribution in [0.2, 0.25) is 0 Å². The van der Waals surface area contributed by atoms with Gasteiger partial charge >= 0.3 is 0 Å². The molecule has 8 heteroatoms. The number of benzene rings is 1. The molecule has 1 aromatic carbocycles. The van der Waals surface area contributed by atoms with Crippen molar-refractivity contribution in [3.05, 3.63) is 51.9 Å². The van der Waals surface area contributed by atoms with Gasteiger partial charge in [-0.2, -0.15) is 5.10 Å². The van der Waals surface area contributed by atoms with Gasteiger partial charge in [0.15, 0.2) is 0 Å². The lowest BCUT2D eigenvalue weighted by Gasteiger charge is -2.49. The summed E-state index contributed by atoms with van der Waals surface area (Å²) < 4.78 is 4.77. The molecule has 1 unspecified atom stereocenters. The number of thiazole rings is 1. The van der Waals surface area contributed by atoms with Crippen LogP contribution in [0.5, 0.6) is 0 Å². The summed E-state index contributed by atoms with van der Waals surface area (Å²) in [5.41, 5.74) is 6.99. The zero-order valence-electron chi connectivity index (χ0n) is 21.7. The van der Waals surface area contributed by atoms with Crippen molar-refractivity contribution in [2.75, 3.05) is 18.0 Å². The van der Waals surface area contributed by atoms with E-state index in [4.69, 9.17) is 5.10 Å². The van der Waals surface area contributed by atoms with E-state index < -0.39 is 0 Å². The van der Waals surface area contributed by atoms with E-state index in [1.165, 1.54) is 10.3 Å². The molecule has 3 atom stereocenters. The van der Waals surface area contributed by atoms with Crippen molar-refractivity contribution >= 4 is 38.3 Å². The summed E-state index contributed by atoms with van der Waals surface area (Å²) in [5.74, 6) is 6.01. The Morgan fingerprint density at radius 3 is 2.72 bits per heavy atom. The van der Waals surface area contributed by atoms with Crippen LogP contribution in [0.25, 0.3) is 21.3 Å². The first-order chi connectivity index (χ1) is 17.4. The summed E-state index contributed by atoms with van der Waals surface area (Å²) in [6, 6.07) is 9.40. The van der Waals surface area contributed by atoms with E-state index in [9.17, 15) is 4.79 Å². The first-order valence-electron chi connectivity index (χ1n) is 12.8. The number of aryl methyl sites for hydroxylation is 1. The minimum absolute atomic E-state index is 0.00446. The molecule has 0 aliphatic carbocycles. The van der Waals surface area contributed by atoms with Crippen molar-refractivity contribution in [2.45, 2.75) is 65.2 Å². The topological polar surface area (TPSA) is 59.2 Å². The molecule has 0 amide bonds. The van der Waals surface area contributed by atoms with Gasteiger partial charge in [0.2, 0.25) is 0 Å². The third kappa shape index (κ3) is 4.31. The maximum Gasteiger partial charge on any atom is 0.252 e. The van der Waals surface area contributed by atoms with Gasteiger partial charge in [-0.3, -0.25) is 14.4 Å². The highest BCUT2D eigenvalue weighted by Gasteiger charge is 2.36. The predicted octanol–water partition coefficient (Wildman–Crippen LogP) is 4.81. The molecule has 1 aliphatic rings. The number of pyridine rings is 1. The van der Waals surface area contributed by atoms with Gasteiger partial charge in [0, 0.05) is 44.3 Å². The Bertz CT molecular complexity index is 1510. The highest BCUT2D eigenvalue weighted by molar-refractivity contribution is 7.16. The number of rotatable bonds is 6. The van der Waals surface area contributed by atoms with Gasteiger partial charge in [-0.25, -0.2) is 4.98 Å². The molecule has 36 heavy (non-hydrogen) atoms. The third-order valence-corrected chi connectivity index (χ3v) is 8.47. The summed E-state index contributed by atoms with van der Waals surface area (Å²) in [5, 5.41) is 4.87. The van der Waals surface area contributed by atoms with Crippen LogP contribution in [0.4, 0.5) is 5.69 Å². The highest BCUT2D eigenvalue weighted by atomic mass is 32.1. The maximum absolute atomic E-state index is 13.0. The summed E-state index contributed by atoms with van der Waals surface area (Å²) >= 11 is 1.70. The summed E-state index contributed by atoms with van der Waals surface area (Å²) in [7, 11) is 1.82. The van der Waals surface area contributed by atoms with Crippen LogP contribution >= 0.6 is 11.3 Å². The summed E-state index contributed by atoms with van der Waals surface area (Å²) in [6.45, 7) is 11.0. The first kappa shape index (κ1) is 24.5. The van der Waals surface area contributed by atoms with Crippen molar-refractivity contribution in [2.24, 2.45) is 7.05 Å². The second kappa shape index (κ2) is 10.1. The Labute approximate surface area is 216 Å². The van der Waals surface area contributed by atoms with Crippen molar-refractivity contribution in [1.82, 2.24) is 24.2 Å². The molecule has 4 heterocycles. The molecule has 0 spiro atoms. The smallest absolute Gasteiger partial charge is 0.252 e. The van der Waals surface area contributed by atoms with E-state index in [1.807, 2.05) is 30.4 Å². The number of aromatic nitrogens is 4. The Kier molecular flexibility index (Phi) is 6.87. The molecule has 1 aliphatic heterocycles. The van der Waals surface area contributed by atoms with Gasteiger partial charge in [-0.05, 0) is 44.4 Å². The average Bonchev–Trinajstić information content (AvgIpc) is 3.55. The number of nitrogens with zero attached hydrogens (tertiary/aromatic N) is 6. The fraction of sp³-hybridized carbons (Fsp3) is 0.464. The molecular formula is C28H34N6OS. The lowest BCUT2D eigenvalue weighted by molar-refractivity contribution is 0.101. The molecular weight excluding hydrogens is 468 g/mol. The molecule has 3 aromatic heterocycles. The van der Waals surface area contributed by atoms with Crippen molar-refractivity contribution in [3.63, 3.8) is 0 Å². The number of fused-ring (bicyclic) bond motifs is 2. The molecule has 7 nitrogen and oxygen atoms in total. The van der Waals surface area contributed by atoms with Crippen LogP contribution < -0.4 is 10.5 Å². The SMILES string of the molecule is CC#CCn1cc2c(n1)c(N1C[C@@H](CC)N(C(C)c3ccc4ncsc4c3)C[C@@H]1CC)cc(=O)n2C. The minimum Gasteiger partial charge on any atom is -0.364 e. The molecule has 0 radical (unpaired) electrons. The van der Waals surface area contributed by atoms with Crippen LogP contribution in [-0.4, -0.2) is 49.4 Å². The standard InChI is InChI=1S/C28H34N6OS/c1-6-9-12-32-17-25-28(30-32)24(14-27(35)31(25)5)34-16-21(7-2)33(15-22(34)8-3)19(4)20-10-11-23-26(13-20)36-18-29-23/h10-11,13-14,17-19,21-22H,7-8,12,15-16H2,1-5H3/t19?,21-,22+/m1/s1. The fourth-order valence-corrected chi connectivity index (χ4v) is 6.20. The molecule has 5 rings (SSSR count). The van der Waals surface area contributed by atoms with Gasteiger partial charge in [-0.15, -0.1) is 17.3 Å². The fourth-order valence-electron chi connectivity index (χ4n) is 5.48. The molecule has 0 bridgehead atoms. The van der Waals surface area contributed by atoms with Crippen LogP contribution in [0.1, 0.15) is 52.1 Å². The van der Waals surface area contributed by atoms with Gasteiger partial charge in [0.1, 0.15) is 12.1 Å². The van der Waals surface area contributed by atoms with E-state index in [0.717, 1.165) is 48.2 Å². The zero-order chi connectivity index (χ0) is 25.4. The summed E-state index contributed by atoms with van der Waals surface area (Å²) in [4.78, 5) is 22.5. The zero-order valence-corrected chi connectivity index (χ0v) is 22.5. The van der Waals surface area contributed by atoms with Crippen LogP contribution in [0.3, 0.4) is 0 Å². The molecule has 0 saturated carbocycles. The maximum atomic E-state index is 13.0. The van der Waals surface area contributed by atoms with Gasteiger partial charge in [-0.1, -0.05) is 25.8 Å². The second-order valence-electron chi connectivity index (χ2n) is 9.64. The quantitative estimate of drug-likeness (QED) is 0.354. The molecule has 0 N–H and O–H groups in total. The number of anilines is 1. The second-order valence-corrected chi connectivity index (χ2v) is 10.5. The normalized spacial score (nSPS) is 19.5. The Morgan fingerprint density at radius 1 is 1.17 bits per heavy atom. The molecule has 1 fully saturated rings. The highest BCUT2D eigenvalue weighted by Crippen LogP contribution is 2.35. The van der Waals surface area contributed by atoms with Crippen molar-refractivity contribution in [3.8, 4) is 11.8 Å². The monoisotopic (exact) mass is 502 g/mol. The number of piperazine rings is 1. The van der Waals surface area contributed by atoms with E-state index >= 15 is 0 Å². The van der Waals surface area contributed by atoms with E-state index in [2.05, 4.69) is 65.6 Å². The lowest BCUT2D eigenvalue weighted by atomic mass is 9.96. The lowest BCUT2D eigenvalue weighted by Crippen LogP contribution is -2.58. The molecule has 4 aromatic rings. The average molecular weight is 503 g/mol. The minimum atomic E-state index is -0.00446. The van der Waals surface area contributed by atoms with E-state index in [0.29, 0.717) is 24.7 Å². The third-order valence-electron chi connectivity index (χ3n) is 7.68. The van der Waals surface area contributed by atoms with Crippen LogP contribution in [-0.2, 0) is 13.6 Å². The van der Waals surface area contributed by atoms with E-state index in [-0.39, 0.29) is 5.56 Å².